The lowest BCUT2D eigenvalue weighted by atomic mass is 10.2. The number of aliphatic hydroxyl groups excluding tert-OH is 1. The Morgan fingerprint density at radius 3 is 2.57 bits per heavy atom. The normalized spacial score (nSPS) is 12.5. The summed E-state index contributed by atoms with van der Waals surface area (Å²) in [5.74, 6) is 0. The molecule has 0 bridgehead atoms. The number of hydrogen-bond acceptors (Lipinski definition) is 2. The van der Waals surface area contributed by atoms with Crippen LogP contribution in [0.15, 0.2) is 24.3 Å². The highest BCUT2D eigenvalue weighted by Gasteiger charge is 2.00. The quantitative estimate of drug-likeness (QED) is 0.789. The monoisotopic (exact) mass is 213 g/mol. The zero-order valence-corrected chi connectivity index (χ0v) is 9.09. The highest BCUT2D eigenvalue weighted by Crippen LogP contribution is 2.15. The number of rotatable bonds is 5. The summed E-state index contributed by atoms with van der Waals surface area (Å²) in [6.07, 6.45) is 1.81. The second-order valence-corrected chi connectivity index (χ2v) is 3.85. The molecule has 0 saturated heterocycles. The summed E-state index contributed by atoms with van der Waals surface area (Å²) in [7, 11) is 0. The second-order valence-electron chi connectivity index (χ2n) is 3.42. The molecule has 1 aromatic carbocycles. The first kappa shape index (κ1) is 11.3. The van der Waals surface area contributed by atoms with E-state index < -0.39 is 0 Å². The SMILES string of the molecule is C[C@H](CCCO)Nc1ccc(Cl)cc1. The van der Waals surface area contributed by atoms with Crippen molar-refractivity contribution in [3.63, 3.8) is 0 Å². The van der Waals surface area contributed by atoms with Crippen LogP contribution in [0, 0.1) is 0 Å². The fourth-order valence-corrected chi connectivity index (χ4v) is 1.43. The minimum atomic E-state index is 0.257. The molecular formula is C11H16ClNO. The van der Waals surface area contributed by atoms with Crippen LogP contribution in [0.1, 0.15) is 19.8 Å². The number of anilines is 1. The van der Waals surface area contributed by atoms with Crippen LogP contribution in [0.5, 0.6) is 0 Å². The second kappa shape index (κ2) is 5.89. The van der Waals surface area contributed by atoms with Crippen LogP contribution < -0.4 is 5.32 Å². The molecule has 0 radical (unpaired) electrons. The van der Waals surface area contributed by atoms with Gasteiger partial charge in [0.15, 0.2) is 0 Å². The largest absolute Gasteiger partial charge is 0.396 e. The van der Waals surface area contributed by atoms with Crippen LogP contribution in [0.2, 0.25) is 5.02 Å². The van der Waals surface area contributed by atoms with Crippen molar-refractivity contribution in [3.8, 4) is 0 Å². The third-order valence-corrected chi connectivity index (χ3v) is 2.30. The van der Waals surface area contributed by atoms with Gasteiger partial charge in [-0.05, 0) is 44.0 Å². The van der Waals surface area contributed by atoms with E-state index in [1.54, 1.807) is 0 Å². The third-order valence-electron chi connectivity index (χ3n) is 2.05. The maximum absolute atomic E-state index is 8.67. The Kier molecular flexibility index (Phi) is 4.77. The van der Waals surface area contributed by atoms with Gasteiger partial charge in [-0.3, -0.25) is 0 Å². The van der Waals surface area contributed by atoms with Gasteiger partial charge >= 0.3 is 0 Å². The molecule has 14 heavy (non-hydrogen) atoms. The van der Waals surface area contributed by atoms with E-state index in [1.165, 1.54) is 0 Å². The fourth-order valence-electron chi connectivity index (χ4n) is 1.30. The van der Waals surface area contributed by atoms with E-state index in [9.17, 15) is 0 Å². The van der Waals surface area contributed by atoms with Gasteiger partial charge in [0, 0.05) is 23.4 Å². The summed E-state index contributed by atoms with van der Waals surface area (Å²) in [5.41, 5.74) is 1.07. The van der Waals surface area contributed by atoms with Crippen molar-refractivity contribution in [1.29, 1.82) is 0 Å². The molecule has 2 nitrogen and oxygen atoms in total. The minimum Gasteiger partial charge on any atom is -0.396 e. The van der Waals surface area contributed by atoms with Gasteiger partial charge in [0.1, 0.15) is 0 Å². The molecule has 0 heterocycles. The Bertz CT molecular complexity index is 260. The van der Waals surface area contributed by atoms with Crippen LogP contribution in [0.3, 0.4) is 0 Å². The Balaban J connectivity index is 2.39. The number of aliphatic hydroxyl groups is 1. The van der Waals surface area contributed by atoms with Gasteiger partial charge in [0.25, 0.3) is 0 Å². The molecule has 0 aliphatic heterocycles. The molecule has 3 heteroatoms. The van der Waals surface area contributed by atoms with E-state index >= 15 is 0 Å². The Morgan fingerprint density at radius 1 is 1.36 bits per heavy atom. The first-order valence-electron chi connectivity index (χ1n) is 4.85. The Hall–Kier alpha value is -0.730. The molecule has 1 rings (SSSR count). The average Bonchev–Trinajstić information content (AvgIpc) is 2.18. The first-order valence-corrected chi connectivity index (χ1v) is 5.23. The number of hydrogen-bond donors (Lipinski definition) is 2. The van der Waals surface area contributed by atoms with Gasteiger partial charge in [0.05, 0.1) is 0 Å². The third kappa shape index (κ3) is 3.99. The van der Waals surface area contributed by atoms with Gasteiger partial charge in [-0.25, -0.2) is 0 Å². The molecule has 0 aliphatic carbocycles. The fraction of sp³-hybridized carbons (Fsp3) is 0.455. The van der Waals surface area contributed by atoms with Gasteiger partial charge < -0.3 is 10.4 Å². The zero-order chi connectivity index (χ0) is 10.4. The van der Waals surface area contributed by atoms with Crippen LogP contribution >= 0.6 is 11.6 Å². The highest BCUT2D eigenvalue weighted by molar-refractivity contribution is 6.30. The molecule has 0 amide bonds. The summed E-state index contributed by atoms with van der Waals surface area (Å²) in [6, 6.07) is 8.02. The Labute approximate surface area is 89.9 Å². The van der Waals surface area contributed by atoms with Crippen molar-refractivity contribution >= 4 is 17.3 Å². The molecule has 0 fully saturated rings. The van der Waals surface area contributed by atoms with E-state index in [2.05, 4.69) is 12.2 Å². The van der Waals surface area contributed by atoms with Crippen LogP contribution in [-0.4, -0.2) is 17.8 Å². The average molecular weight is 214 g/mol. The van der Waals surface area contributed by atoms with Gasteiger partial charge in [0.2, 0.25) is 0 Å². The predicted molar refractivity (Wildman–Crippen MR) is 60.9 cm³/mol. The van der Waals surface area contributed by atoms with E-state index in [-0.39, 0.29) is 6.61 Å². The summed E-state index contributed by atoms with van der Waals surface area (Å²) in [5, 5.41) is 12.8. The van der Waals surface area contributed by atoms with Crippen molar-refractivity contribution in [1.82, 2.24) is 0 Å². The molecule has 0 spiro atoms. The van der Waals surface area contributed by atoms with Gasteiger partial charge in [-0.2, -0.15) is 0 Å². The molecule has 0 aromatic heterocycles. The minimum absolute atomic E-state index is 0.257. The summed E-state index contributed by atoms with van der Waals surface area (Å²) in [4.78, 5) is 0. The molecule has 1 aromatic rings. The Morgan fingerprint density at radius 2 is 2.00 bits per heavy atom. The maximum atomic E-state index is 8.67. The molecule has 0 aliphatic rings. The van der Waals surface area contributed by atoms with Crippen LogP contribution in [0.25, 0.3) is 0 Å². The smallest absolute Gasteiger partial charge is 0.0431 e. The molecule has 0 unspecified atom stereocenters. The summed E-state index contributed by atoms with van der Waals surface area (Å²) >= 11 is 5.77. The first-order chi connectivity index (χ1) is 6.72. The van der Waals surface area contributed by atoms with Crippen LogP contribution in [-0.2, 0) is 0 Å². The molecule has 0 saturated carbocycles. The molecule has 1 atom stereocenters. The van der Waals surface area contributed by atoms with Crippen molar-refractivity contribution in [2.75, 3.05) is 11.9 Å². The van der Waals surface area contributed by atoms with Crippen molar-refractivity contribution < 1.29 is 5.11 Å². The highest BCUT2D eigenvalue weighted by atomic mass is 35.5. The standard InChI is InChI=1S/C11H16ClNO/c1-9(3-2-8-14)13-11-6-4-10(12)5-7-11/h4-7,9,13-14H,2-3,8H2,1H3/t9-/m1/s1. The topological polar surface area (TPSA) is 32.3 Å². The van der Waals surface area contributed by atoms with E-state index in [0.29, 0.717) is 6.04 Å². The van der Waals surface area contributed by atoms with E-state index in [4.69, 9.17) is 16.7 Å². The van der Waals surface area contributed by atoms with Crippen molar-refractivity contribution in [3.05, 3.63) is 29.3 Å². The number of halogens is 1. The summed E-state index contributed by atoms with van der Waals surface area (Å²) < 4.78 is 0. The number of nitrogens with one attached hydrogen (secondary N) is 1. The van der Waals surface area contributed by atoms with Crippen molar-refractivity contribution in [2.45, 2.75) is 25.8 Å². The van der Waals surface area contributed by atoms with E-state index in [0.717, 1.165) is 23.6 Å². The van der Waals surface area contributed by atoms with Gasteiger partial charge in [-0.15, -0.1) is 0 Å². The lowest BCUT2D eigenvalue weighted by molar-refractivity contribution is 0.282. The van der Waals surface area contributed by atoms with E-state index in [1.807, 2.05) is 24.3 Å². The predicted octanol–water partition coefficient (Wildman–Crippen LogP) is 2.91. The van der Waals surface area contributed by atoms with Gasteiger partial charge in [-0.1, -0.05) is 11.6 Å². The molecular weight excluding hydrogens is 198 g/mol. The molecule has 78 valence electrons. The number of benzene rings is 1. The lowest BCUT2D eigenvalue weighted by Gasteiger charge is -2.14. The lowest BCUT2D eigenvalue weighted by Crippen LogP contribution is -2.15. The molecule has 2 N–H and O–H groups in total. The zero-order valence-electron chi connectivity index (χ0n) is 8.33. The van der Waals surface area contributed by atoms with Crippen LogP contribution in [0.4, 0.5) is 5.69 Å². The summed E-state index contributed by atoms with van der Waals surface area (Å²) in [6.45, 7) is 2.36. The maximum Gasteiger partial charge on any atom is 0.0431 e. The van der Waals surface area contributed by atoms with Crippen molar-refractivity contribution in [2.24, 2.45) is 0 Å².